The highest BCUT2D eigenvalue weighted by atomic mass is 16.5. The Morgan fingerprint density at radius 1 is 1.04 bits per heavy atom. The van der Waals surface area contributed by atoms with Crippen LogP contribution in [0.4, 0.5) is 0 Å². The number of ether oxygens (including phenoxy) is 1. The van der Waals surface area contributed by atoms with Crippen LogP contribution < -0.4 is 10.1 Å². The molecule has 0 unspecified atom stereocenters. The molecule has 2 rings (SSSR count). The van der Waals surface area contributed by atoms with Crippen molar-refractivity contribution >= 4 is 11.8 Å². The van der Waals surface area contributed by atoms with E-state index in [4.69, 9.17) is 4.74 Å². The summed E-state index contributed by atoms with van der Waals surface area (Å²) < 4.78 is 5.18. The number of nitrogens with zero attached hydrogens (tertiary/aromatic N) is 1. The molecule has 1 atom stereocenters. The highest BCUT2D eigenvalue weighted by Crippen LogP contribution is 2.16. The molecule has 150 valence electrons. The van der Waals surface area contributed by atoms with Gasteiger partial charge in [0.1, 0.15) is 11.8 Å². The quantitative estimate of drug-likeness (QED) is 0.717. The van der Waals surface area contributed by atoms with E-state index in [1.165, 1.54) is 5.56 Å². The number of carbonyl (C=O) groups is 2. The number of aryl methyl sites for hydroxylation is 1. The summed E-state index contributed by atoms with van der Waals surface area (Å²) in [5, 5.41) is 2.95. The number of nitrogens with one attached hydrogen (secondary N) is 1. The Kier molecular flexibility index (Phi) is 8.05. The lowest BCUT2D eigenvalue weighted by Crippen LogP contribution is -2.47. The second-order valence-corrected chi connectivity index (χ2v) is 7.00. The largest absolute Gasteiger partial charge is 0.497 e. The molecule has 2 amide bonds. The standard InChI is InChI=1S/C23H30N2O3/c1-5-6-22(26)25(16-20-11-13-21(28-4)14-12-20)18(3)23(27)24-15-19-9-7-17(2)8-10-19/h7-14,18H,5-6,15-16H2,1-4H3,(H,24,27)/t18-/m1/s1. The van der Waals surface area contributed by atoms with E-state index in [0.29, 0.717) is 19.5 Å². The van der Waals surface area contributed by atoms with Gasteiger partial charge in [-0.2, -0.15) is 0 Å². The van der Waals surface area contributed by atoms with E-state index in [-0.39, 0.29) is 11.8 Å². The van der Waals surface area contributed by atoms with Crippen molar-refractivity contribution in [3.8, 4) is 5.75 Å². The minimum Gasteiger partial charge on any atom is -0.497 e. The van der Waals surface area contributed by atoms with Crippen molar-refractivity contribution in [3.05, 3.63) is 65.2 Å². The van der Waals surface area contributed by atoms with Crippen LogP contribution in [-0.2, 0) is 22.7 Å². The maximum Gasteiger partial charge on any atom is 0.242 e. The van der Waals surface area contributed by atoms with Gasteiger partial charge in [0, 0.05) is 19.5 Å². The fourth-order valence-electron chi connectivity index (χ4n) is 2.91. The minimum atomic E-state index is -0.549. The van der Waals surface area contributed by atoms with Gasteiger partial charge in [-0.1, -0.05) is 48.9 Å². The van der Waals surface area contributed by atoms with Crippen LogP contribution in [0.25, 0.3) is 0 Å². The van der Waals surface area contributed by atoms with Gasteiger partial charge in [0.2, 0.25) is 11.8 Å². The number of benzene rings is 2. The van der Waals surface area contributed by atoms with E-state index in [9.17, 15) is 9.59 Å². The van der Waals surface area contributed by atoms with Crippen LogP contribution in [0.1, 0.15) is 43.4 Å². The van der Waals surface area contributed by atoms with Gasteiger partial charge in [0.15, 0.2) is 0 Å². The molecule has 0 bridgehead atoms. The first kappa shape index (κ1) is 21.5. The molecular weight excluding hydrogens is 352 g/mol. The average molecular weight is 383 g/mol. The highest BCUT2D eigenvalue weighted by Gasteiger charge is 2.25. The maximum atomic E-state index is 12.7. The summed E-state index contributed by atoms with van der Waals surface area (Å²) in [6.45, 7) is 6.61. The van der Waals surface area contributed by atoms with Crippen LogP contribution in [-0.4, -0.2) is 29.9 Å². The first-order valence-electron chi connectivity index (χ1n) is 9.70. The zero-order valence-corrected chi connectivity index (χ0v) is 17.2. The minimum absolute atomic E-state index is 0.0173. The second kappa shape index (κ2) is 10.5. The summed E-state index contributed by atoms with van der Waals surface area (Å²) >= 11 is 0. The molecule has 0 aromatic heterocycles. The van der Waals surface area contributed by atoms with Crippen molar-refractivity contribution in [2.45, 2.75) is 52.7 Å². The summed E-state index contributed by atoms with van der Waals surface area (Å²) in [5.74, 6) is 0.592. The Morgan fingerprint density at radius 2 is 1.64 bits per heavy atom. The first-order chi connectivity index (χ1) is 13.4. The number of hydrogen-bond acceptors (Lipinski definition) is 3. The highest BCUT2D eigenvalue weighted by molar-refractivity contribution is 5.87. The number of methoxy groups -OCH3 is 1. The molecule has 0 aliphatic rings. The molecule has 0 aliphatic heterocycles. The lowest BCUT2D eigenvalue weighted by molar-refractivity contribution is -0.140. The summed E-state index contributed by atoms with van der Waals surface area (Å²) in [4.78, 5) is 27.0. The molecule has 0 saturated heterocycles. The van der Waals surface area contributed by atoms with Gasteiger partial charge in [-0.15, -0.1) is 0 Å². The van der Waals surface area contributed by atoms with Gasteiger partial charge in [0.05, 0.1) is 7.11 Å². The molecule has 5 heteroatoms. The molecule has 2 aromatic carbocycles. The van der Waals surface area contributed by atoms with Crippen LogP contribution in [0.2, 0.25) is 0 Å². The molecular formula is C23H30N2O3. The fourth-order valence-corrected chi connectivity index (χ4v) is 2.91. The molecule has 0 spiro atoms. The molecule has 5 nitrogen and oxygen atoms in total. The average Bonchev–Trinajstić information content (AvgIpc) is 2.71. The van der Waals surface area contributed by atoms with Gasteiger partial charge in [-0.25, -0.2) is 0 Å². The maximum absolute atomic E-state index is 12.7. The molecule has 2 aromatic rings. The van der Waals surface area contributed by atoms with Crippen molar-refractivity contribution in [1.82, 2.24) is 10.2 Å². The predicted molar refractivity (Wildman–Crippen MR) is 111 cm³/mol. The van der Waals surface area contributed by atoms with Crippen LogP contribution in [0.5, 0.6) is 5.75 Å². The van der Waals surface area contributed by atoms with Crippen LogP contribution in [0.3, 0.4) is 0 Å². The van der Waals surface area contributed by atoms with Crippen LogP contribution >= 0.6 is 0 Å². The SMILES string of the molecule is CCCC(=O)N(Cc1ccc(OC)cc1)[C@H](C)C(=O)NCc1ccc(C)cc1. The Hall–Kier alpha value is -2.82. The summed E-state index contributed by atoms with van der Waals surface area (Å²) in [6.07, 6.45) is 1.17. The van der Waals surface area contributed by atoms with Crippen LogP contribution in [0.15, 0.2) is 48.5 Å². The lowest BCUT2D eigenvalue weighted by Gasteiger charge is -2.29. The third-order valence-electron chi connectivity index (χ3n) is 4.73. The Labute approximate surface area is 167 Å². The van der Waals surface area contributed by atoms with Gasteiger partial charge < -0.3 is 15.0 Å². The first-order valence-corrected chi connectivity index (χ1v) is 9.70. The summed E-state index contributed by atoms with van der Waals surface area (Å²) in [6, 6.07) is 15.0. The number of hydrogen-bond donors (Lipinski definition) is 1. The van der Waals surface area contributed by atoms with Crippen molar-refractivity contribution in [3.63, 3.8) is 0 Å². The van der Waals surface area contributed by atoms with Gasteiger partial charge >= 0.3 is 0 Å². The van der Waals surface area contributed by atoms with Crippen LogP contribution in [0, 0.1) is 6.92 Å². The normalized spacial score (nSPS) is 11.6. The molecule has 0 aliphatic carbocycles. The van der Waals surface area contributed by atoms with E-state index in [1.54, 1.807) is 18.9 Å². The lowest BCUT2D eigenvalue weighted by atomic mass is 10.1. The van der Waals surface area contributed by atoms with Crippen molar-refractivity contribution in [2.75, 3.05) is 7.11 Å². The van der Waals surface area contributed by atoms with E-state index in [0.717, 1.165) is 23.3 Å². The van der Waals surface area contributed by atoms with Crippen molar-refractivity contribution in [2.24, 2.45) is 0 Å². The van der Waals surface area contributed by atoms with Crippen molar-refractivity contribution < 1.29 is 14.3 Å². The number of amides is 2. The zero-order valence-electron chi connectivity index (χ0n) is 17.2. The molecule has 0 heterocycles. The Morgan fingerprint density at radius 3 is 2.21 bits per heavy atom. The third-order valence-corrected chi connectivity index (χ3v) is 4.73. The topological polar surface area (TPSA) is 58.6 Å². The van der Waals surface area contributed by atoms with E-state index in [1.807, 2.05) is 62.4 Å². The van der Waals surface area contributed by atoms with Crippen molar-refractivity contribution in [1.29, 1.82) is 0 Å². The Balaban J connectivity index is 2.06. The van der Waals surface area contributed by atoms with E-state index >= 15 is 0 Å². The third kappa shape index (κ3) is 6.12. The number of carbonyl (C=O) groups excluding carboxylic acids is 2. The molecule has 1 N–H and O–H groups in total. The van der Waals surface area contributed by atoms with Gasteiger partial charge in [-0.05, 0) is 43.5 Å². The monoisotopic (exact) mass is 382 g/mol. The zero-order chi connectivity index (χ0) is 20.5. The molecule has 0 saturated carbocycles. The predicted octanol–water partition coefficient (Wildman–Crippen LogP) is 3.84. The summed E-state index contributed by atoms with van der Waals surface area (Å²) in [7, 11) is 1.62. The van der Waals surface area contributed by atoms with Gasteiger partial charge in [-0.3, -0.25) is 9.59 Å². The van der Waals surface area contributed by atoms with E-state index < -0.39 is 6.04 Å². The smallest absolute Gasteiger partial charge is 0.242 e. The second-order valence-electron chi connectivity index (χ2n) is 7.00. The van der Waals surface area contributed by atoms with E-state index in [2.05, 4.69) is 5.32 Å². The number of rotatable bonds is 9. The molecule has 0 radical (unpaired) electrons. The Bertz CT molecular complexity index is 769. The molecule has 0 fully saturated rings. The summed E-state index contributed by atoms with van der Waals surface area (Å²) in [5.41, 5.74) is 3.18. The van der Waals surface area contributed by atoms with Gasteiger partial charge in [0.25, 0.3) is 0 Å². The molecule has 28 heavy (non-hydrogen) atoms. The fraction of sp³-hybridized carbons (Fsp3) is 0.391.